The maximum atomic E-state index is 12.7. The Morgan fingerprint density at radius 1 is 0.941 bits per heavy atom. The summed E-state index contributed by atoms with van der Waals surface area (Å²) in [4.78, 5) is 41.0. The van der Waals surface area contributed by atoms with E-state index in [-0.39, 0.29) is 37.7 Å². The van der Waals surface area contributed by atoms with Crippen molar-refractivity contribution in [3.63, 3.8) is 0 Å². The number of carbonyl (C=O) groups is 3. The lowest BCUT2D eigenvalue weighted by molar-refractivity contribution is -0.141. The Hall–Kier alpha value is -3.94. The highest BCUT2D eigenvalue weighted by molar-refractivity contribution is 6.34. The van der Waals surface area contributed by atoms with Gasteiger partial charge in [0.25, 0.3) is 5.91 Å². The van der Waals surface area contributed by atoms with Crippen LogP contribution in [0.5, 0.6) is 0 Å². The molecule has 1 heterocycles. The quantitative estimate of drug-likeness (QED) is 0.452. The number of amides is 1. The van der Waals surface area contributed by atoms with Gasteiger partial charge in [-0.3, -0.25) is 9.79 Å². The molecule has 0 radical (unpaired) electrons. The summed E-state index contributed by atoms with van der Waals surface area (Å²) in [6, 6.07) is 17.6. The van der Waals surface area contributed by atoms with Crippen LogP contribution in [0.25, 0.3) is 5.57 Å². The second-order valence-corrected chi connectivity index (χ2v) is 8.24. The lowest BCUT2D eigenvalue weighted by Crippen LogP contribution is -2.35. The van der Waals surface area contributed by atoms with E-state index in [4.69, 9.17) is 23.2 Å². The van der Waals surface area contributed by atoms with Crippen LogP contribution in [0.1, 0.15) is 15.9 Å². The van der Waals surface area contributed by atoms with Crippen LogP contribution in [0.15, 0.2) is 83.9 Å². The fraction of sp³-hybridized carbons (Fsp3) is 0.0400. The highest BCUT2D eigenvalue weighted by atomic mass is 35.5. The molecule has 0 spiro atoms. The molecule has 0 aromatic heterocycles. The Morgan fingerprint density at radius 3 is 2.35 bits per heavy atom. The fourth-order valence-corrected chi connectivity index (χ4v) is 4.40. The molecule has 1 aliphatic rings. The van der Waals surface area contributed by atoms with Crippen molar-refractivity contribution in [2.45, 2.75) is 5.54 Å². The smallest absolute Gasteiger partial charge is 0.341 e. The summed E-state index contributed by atoms with van der Waals surface area (Å²) < 4.78 is 0. The number of halogens is 2. The van der Waals surface area contributed by atoms with Crippen molar-refractivity contribution in [3.8, 4) is 0 Å². The Balaban J connectivity index is 1.90. The predicted octanol–water partition coefficient (Wildman–Crippen LogP) is 3.65. The van der Waals surface area contributed by atoms with Crippen molar-refractivity contribution in [2.24, 2.45) is 4.99 Å². The molecule has 1 atom stereocenters. The minimum Gasteiger partial charge on any atom is -0.479 e. The van der Waals surface area contributed by atoms with Crippen LogP contribution < -0.4 is 15.9 Å². The number of anilines is 1. The molecule has 3 aromatic carbocycles. The number of nitrogens with one attached hydrogen (secondary N) is 1. The van der Waals surface area contributed by atoms with Crippen LogP contribution in [-0.2, 0) is 15.1 Å². The van der Waals surface area contributed by atoms with Crippen LogP contribution in [0.4, 0.5) is 5.69 Å². The number of carboxylic acids is 2. The molecular weight excluding hydrogens is 479 g/mol. The summed E-state index contributed by atoms with van der Waals surface area (Å²) in [7, 11) is 0. The van der Waals surface area contributed by atoms with Crippen molar-refractivity contribution < 1.29 is 24.6 Å². The second-order valence-electron chi connectivity index (χ2n) is 7.40. The molecule has 0 saturated heterocycles. The molecule has 0 fully saturated rings. The molecule has 0 bridgehead atoms. The molecular formula is C25H16Cl2N2O5. The van der Waals surface area contributed by atoms with E-state index >= 15 is 0 Å². The highest BCUT2D eigenvalue weighted by Gasteiger charge is 2.46. The summed E-state index contributed by atoms with van der Waals surface area (Å²) >= 11 is 12.5. The van der Waals surface area contributed by atoms with E-state index in [2.05, 4.69) is 10.3 Å². The molecule has 4 rings (SSSR count). The first-order valence-corrected chi connectivity index (χ1v) is 10.7. The lowest BCUT2D eigenvalue weighted by Gasteiger charge is -2.25. The van der Waals surface area contributed by atoms with Gasteiger partial charge in [-0.1, -0.05) is 53.5 Å². The zero-order valence-electron chi connectivity index (χ0n) is 17.3. The van der Waals surface area contributed by atoms with Crippen molar-refractivity contribution in [1.29, 1.82) is 0 Å². The lowest BCUT2D eigenvalue weighted by atomic mass is 9.82. The number of fused-ring (bicyclic) bond motifs is 1. The third-order valence-corrected chi connectivity index (χ3v) is 5.77. The number of nitrogens with zero attached hydrogens (tertiary/aromatic N) is 1. The first-order valence-electron chi connectivity index (χ1n) is 9.93. The monoisotopic (exact) mass is 494 g/mol. The van der Waals surface area contributed by atoms with Crippen molar-refractivity contribution in [2.75, 3.05) is 5.32 Å². The minimum atomic E-state index is -2.02. The van der Waals surface area contributed by atoms with Gasteiger partial charge in [-0.05, 0) is 48.0 Å². The molecule has 7 nitrogen and oxygen atoms in total. The molecule has 34 heavy (non-hydrogen) atoms. The van der Waals surface area contributed by atoms with Gasteiger partial charge in [0.2, 0.25) is 5.54 Å². The number of benzene rings is 3. The van der Waals surface area contributed by atoms with E-state index in [0.717, 1.165) is 6.08 Å². The second kappa shape index (κ2) is 9.13. The summed E-state index contributed by atoms with van der Waals surface area (Å²) in [5.74, 6) is -3.00. The van der Waals surface area contributed by atoms with Gasteiger partial charge in [0.05, 0.1) is 10.4 Å². The third-order valence-electron chi connectivity index (χ3n) is 5.26. The standard InChI is InChI=1S/C25H16Cl2N2O5/c26-16-12-19(27)22-18(9-10-21(30)31)25(24(33)34,29-20(22)13-16)15-7-4-8-17(11-15)28-23(32)14-5-2-1-3-6-14/h1-13H,(H,28,32)(H,30,31)(H,33,34)/b10-9-. The molecule has 170 valence electrons. The van der Waals surface area contributed by atoms with Gasteiger partial charge in [-0.25, -0.2) is 9.59 Å². The first kappa shape index (κ1) is 23.2. The van der Waals surface area contributed by atoms with Gasteiger partial charge < -0.3 is 15.5 Å². The van der Waals surface area contributed by atoms with E-state index in [1.807, 2.05) is 0 Å². The van der Waals surface area contributed by atoms with E-state index in [1.165, 1.54) is 30.3 Å². The predicted molar refractivity (Wildman–Crippen MR) is 128 cm³/mol. The van der Waals surface area contributed by atoms with Crippen molar-refractivity contribution in [1.82, 2.24) is 0 Å². The van der Waals surface area contributed by atoms with E-state index in [0.29, 0.717) is 11.3 Å². The molecule has 9 heteroatoms. The van der Waals surface area contributed by atoms with Crippen LogP contribution in [0, 0.1) is 0 Å². The highest BCUT2D eigenvalue weighted by Crippen LogP contribution is 2.39. The van der Waals surface area contributed by atoms with E-state index in [1.54, 1.807) is 42.5 Å². The van der Waals surface area contributed by atoms with Crippen molar-refractivity contribution >= 4 is 52.3 Å². The summed E-state index contributed by atoms with van der Waals surface area (Å²) in [5, 5.41) is 23.2. The number of rotatable bonds is 6. The van der Waals surface area contributed by atoms with Gasteiger partial charge >= 0.3 is 11.9 Å². The van der Waals surface area contributed by atoms with Crippen LogP contribution >= 0.6 is 23.2 Å². The molecule has 1 amide bonds. The number of hydrogen-bond donors (Lipinski definition) is 3. The van der Waals surface area contributed by atoms with Crippen LogP contribution in [0.2, 0.25) is 10.0 Å². The Bertz CT molecular complexity index is 1480. The first-order chi connectivity index (χ1) is 16.2. The van der Waals surface area contributed by atoms with Crippen LogP contribution in [-0.4, -0.2) is 28.1 Å². The topological polar surface area (TPSA) is 116 Å². The fourth-order valence-electron chi connectivity index (χ4n) is 3.82. The minimum absolute atomic E-state index is 0.0607. The van der Waals surface area contributed by atoms with Gasteiger partial charge in [-0.15, -0.1) is 0 Å². The molecule has 0 saturated carbocycles. The third kappa shape index (κ3) is 4.19. The number of hydrogen-bond acceptors (Lipinski definition) is 4. The van der Waals surface area contributed by atoms with Gasteiger partial charge in [0.15, 0.2) is 0 Å². The number of carboxylic acid groups (broad SMARTS) is 2. The summed E-state index contributed by atoms with van der Waals surface area (Å²) in [6.45, 7) is 0. The average Bonchev–Trinajstić information content (AvgIpc) is 3.14. The summed E-state index contributed by atoms with van der Waals surface area (Å²) in [5.41, 5.74) is -0.999. The number of aliphatic carboxylic acids is 2. The van der Waals surface area contributed by atoms with Gasteiger partial charge in [-0.2, -0.15) is 0 Å². The summed E-state index contributed by atoms with van der Waals surface area (Å²) in [6.07, 6.45) is 1.99. The zero-order chi connectivity index (χ0) is 24.5. The number of carbonyl (C=O) groups excluding carboxylic acids is 1. The molecule has 1 aliphatic heterocycles. The van der Waals surface area contributed by atoms with E-state index < -0.39 is 17.5 Å². The van der Waals surface area contributed by atoms with Crippen molar-refractivity contribution in [3.05, 3.63) is 111 Å². The zero-order valence-corrected chi connectivity index (χ0v) is 18.8. The maximum absolute atomic E-state index is 12.7. The molecule has 0 aliphatic carbocycles. The SMILES string of the molecule is O=C(O)/C=C\C1=c2c(Cl)cc(Cl)cc2=NC1(C(=O)O)c1cccc(NC(=O)c2ccccc2)c1. The molecule has 3 aromatic rings. The Labute approximate surface area is 203 Å². The largest absolute Gasteiger partial charge is 0.479 e. The van der Waals surface area contributed by atoms with Gasteiger partial charge in [0.1, 0.15) is 0 Å². The van der Waals surface area contributed by atoms with E-state index in [9.17, 15) is 24.6 Å². The Kier molecular flexibility index (Phi) is 6.24. The van der Waals surface area contributed by atoms with Gasteiger partial charge in [0, 0.05) is 33.1 Å². The average molecular weight is 495 g/mol. The Morgan fingerprint density at radius 2 is 1.68 bits per heavy atom. The maximum Gasteiger partial charge on any atom is 0.341 e. The molecule has 3 N–H and O–H groups in total. The normalized spacial score (nSPS) is 16.7. The van der Waals surface area contributed by atoms with Crippen LogP contribution in [0.3, 0.4) is 0 Å². The molecule has 1 unspecified atom stereocenters.